The fourth-order valence-electron chi connectivity index (χ4n) is 6.03. The molecule has 290 valence electrons. The van der Waals surface area contributed by atoms with Crippen LogP contribution in [0.5, 0.6) is 0 Å². The Morgan fingerprint density at radius 3 is 1.21 bits per heavy atom. The Morgan fingerprint density at radius 1 is 0.542 bits per heavy atom. The van der Waals surface area contributed by atoms with E-state index in [1.807, 2.05) is 13.8 Å². The van der Waals surface area contributed by atoms with Gasteiger partial charge in [0, 0.05) is 13.2 Å². The molecule has 0 aliphatic rings. The van der Waals surface area contributed by atoms with Crippen LogP contribution in [0.2, 0.25) is 0 Å². The molecule has 0 radical (unpaired) electrons. The molecule has 0 aliphatic carbocycles. The van der Waals surface area contributed by atoms with Gasteiger partial charge in [-0.2, -0.15) is 0 Å². The predicted octanol–water partition coefficient (Wildman–Crippen LogP) is 13.4. The van der Waals surface area contributed by atoms with Crippen molar-refractivity contribution in [2.24, 2.45) is 0 Å². The molecule has 0 heterocycles. The molecule has 0 amide bonds. The monoisotopic (exact) mass is 686 g/mol. The minimum Gasteiger partial charge on any atom is -0.412 e. The molecule has 48 heavy (non-hydrogen) atoms. The summed E-state index contributed by atoms with van der Waals surface area (Å²) in [5.41, 5.74) is 2.75. The smallest absolute Gasteiger partial charge is 0.206 e. The average Bonchev–Trinajstić information content (AvgIpc) is 3.09. The van der Waals surface area contributed by atoms with E-state index in [0.29, 0.717) is 0 Å². The first-order chi connectivity index (χ1) is 24.4. The topological polar surface area (TPSA) is 50.0 Å². The summed E-state index contributed by atoms with van der Waals surface area (Å²) in [5.74, 6) is 0. The van der Waals surface area contributed by atoms with Gasteiger partial charge < -0.3 is 19.4 Å². The van der Waals surface area contributed by atoms with Crippen LogP contribution in [-0.4, -0.2) is 66.4 Å². The second kappa shape index (κ2) is 44.3. The van der Waals surface area contributed by atoms with Crippen LogP contribution in [0.4, 0.5) is 0 Å². The summed E-state index contributed by atoms with van der Waals surface area (Å²) in [4.78, 5) is 0. The lowest BCUT2D eigenvalue weighted by atomic mass is 10.1. The lowest BCUT2D eigenvalue weighted by Crippen LogP contribution is -2.44. The van der Waals surface area contributed by atoms with E-state index in [2.05, 4.69) is 64.8 Å². The lowest BCUT2D eigenvalue weighted by molar-refractivity contribution is -0.873. The van der Waals surface area contributed by atoms with E-state index in [1.165, 1.54) is 180 Å². The van der Waals surface area contributed by atoms with Crippen molar-refractivity contribution in [1.29, 1.82) is 2.86 Å². The number of ether oxygens (including phenoxy) is 2. The van der Waals surface area contributed by atoms with Crippen LogP contribution in [0.15, 0.2) is 24.3 Å². The number of hydrogen-bond acceptors (Lipinski definition) is 2. The third-order valence-electron chi connectivity index (χ3n) is 8.87. The summed E-state index contributed by atoms with van der Waals surface area (Å²) in [6, 6.07) is 0. The van der Waals surface area contributed by atoms with Gasteiger partial charge in [-0.05, 0) is 64.2 Å². The summed E-state index contributed by atoms with van der Waals surface area (Å²) < 4.78 is 24.1. The molecule has 0 fully saturated rings. The quantitative estimate of drug-likeness (QED) is 0.0371. The zero-order valence-corrected chi connectivity index (χ0v) is 34.2. The third-order valence-corrected chi connectivity index (χ3v) is 8.87. The Morgan fingerprint density at radius 2 is 0.854 bits per heavy atom. The Bertz CT molecular complexity index is 639. The number of nitrogens with zero attached hydrogens (tertiary/aromatic N) is 1. The summed E-state index contributed by atoms with van der Waals surface area (Å²) in [5, 5.41) is 0. The van der Waals surface area contributed by atoms with Gasteiger partial charge in [-0.15, -0.1) is 0 Å². The van der Waals surface area contributed by atoms with E-state index in [-0.39, 0.29) is 6.10 Å². The molecule has 1 atom stereocenters. The first kappa shape index (κ1) is 47.3. The molecule has 0 aromatic heterocycles. The summed E-state index contributed by atoms with van der Waals surface area (Å²) >= 11 is 0. The van der Waals surface area contributed by atoms with Crippen molar-refractivity contribution in [1.82, 2.24) is 0 Å². The summed E-state index contributed by atoms with van der Waals surface area (Å²) in [7, 11) is 6.77. The van der Waals surface area contributed by atoms with Crippen molar-refractivity contribution in [3.05, 3.63) is 24.3 Å². The van der Waals surface area contributed by atoms with Crippen molar-refractivity contribution in [2.45, 2.75) is 214 Å². The second-order valence-electron chi connectivity index (χ2n) is 14.9. The molecule has 4 nitrogen and oxygen atoms in total. The van der Waals surface area contributed by atoms with Crippen LogP contribution in [0.3, 0.4) is 0 Å². The number of likely N-dealkylation sites (N-methyl/N-ethyl adjacent to an activating group) is 1. The molecule has 0 aliphatic heterocycles. The molecule has 0 rings (SSSR count). The van der Waals surface area contributed by atoms with E-state index in [1.54, 1.807) is 0 Å². The molecule has 0 bridgehead atoms. The van der Waals surface area contributed by atoms with Gasteiger partial charge in [0.15, 0.2) is 0 Å². The summed E-state index contributed by atoms with van der Waals surface area (Å²) in [6.45, 7) is 12.1. The number of quaternary nitrogens is 1. The maximum absolute atomic E-state index is 6.32. The van der Waals surface area contributed by atoms with Crippen LogP contribution < -0.4 is 0 Å². The zero-order valence-electron chi connectivity index (χ0n) is 36.2. The van der Waals surface area contributed by atoms with Crippen LogP contribution in [-0.2, 0) is 9.47 Å². The van der Waals surface area contributed by atoms with Crippen molar-refractivity contribution < 1.29 is 19.4 Å². The van der Waals surface area contributed by atoms with E-state index >= 15 is 0 Å². The van der Waals surface area contributed by atoms with Gasteiger partial charge in [0.1, 0.15) is 12.6 Å². The highest BCUT2D eigenvalue weighted by Crippen LogP contribution is 2.12. The number of hydrogen-bond donors (Lipinski definition) is 0. The Balaban J connectivity index is -0.00000417. The van der Waals surface area contributed by atoms with Crippen molar-refractivity contribution in [3.8, 4) is 0 Å². The SMILES string of the molecule is CC.CCCCCCCC/C=C\CCCCCCCCOCC(C[N+](C)(C)C)OCCCCCCCC/C=C\CCCCCCCC.[2H]O[3H]. The first-order valence-electron chi connectivity index (χ1n) is 22.1. The number of allylic oxidation sites excluding steroid dienone is 4. The second-order valence-corrected chi connectivity index (χ2v) is 14.9. The fraction of sp³-hybridized carbons (Fsp3) is 0.909. The fourth-order valence-corrected chi connectivity index (χ4v) is 6.03. The molecule has 0 spiro atoms. The third kappa shape index (κ3) is 47.4. The van der Waals surface area contributed by atoms with Gasteiger partial charge in [-0.25, -0.2) is 0 Å². The normalized spacial score (nSPS) is 12.8. The molecular weight excluding hydrogens is 590 g/mol. The van der Waals surface area contributed by atoms with Gasteiger partial charge in [-0.3, -0.25) is 0 Å². The molecule has 0 saturated heterocycles. The van der Waals surface area contributed by atoms with E-state index in [9.17, 15) is 0 Å². The van der Waals surface area contributed by atoms with E-state index in [4.69, 9.17) is 12.3 Å². The van der Waals surface area contributed by atoms with E-state index < -0.39 is 0 Å². The minimum atomic E-state index is 0.210. The highest BCUT2D eigenvalue weighted by molar-refractivity contribution is 4.82. The molecule has 2 N–H and O–H groups in total. The molecule has 4 heteroatoms. The maximum Gasteiger partial charge on any atom is 0.206 e. The number of unbranched alkanes of at least 4 members (excludes halogenated alkanes) is 24. The van der Waals surface area contributed by atoms with Gasteiger partial charge >= 0.3 is 0 Å². The Kier molecular flexibility index (Phi) is 43.7. The number of rotatable bonds is 37. The predicted molar refractivity (Wildman–Crippen MR) is 217 cm³/mol. The average molecular weight is 686 g/mol. The minimum absolute atomic E-state index is 0.210. The van der Waals surface area contributed by atoms with Gasteiger partial charge in [-0.1, -0.05) is 168 Å². The molecular formula is C44H92NO3+. The van der Waals surface area contributed by atoms with Crippen LogP contribution in [0.1, 0.15) is 207 Å². The zero-order chi connectivity index (χ0) is 37.7. The first-order valence-corrected chi connectivity index (χ1v) is 21.3. The standard InChI is InChI=1S/C42H84NO2.C2H6.H2O/c1-6-8-10-12-14-16-18-20-22-24-26-28-30-32-34-36-38-44-41-42(40-43(3,4)5)45-39-37-35-33-31-29-27-25-23-21-19-17-15-13-11-9-7-2;1-2;/h20-23,42H,6-19,24-41H2,1-5H3;1-2H3;1H2/q+1;;/b22-20-,23-21-;;/i/hTD. The Hall–Kier alpha value is -0.680. The van der Waals surface area contributed by atoms with Crippen molar-refractivity contribution >= 4 is 0 Å². The van der Waals surface area contributed by atoms with Gasteiger partial charge in [0.25, 0.3) is 0 Å². The molecule has 0 aromatic carbocycles. The van der Waals surface area contributed by atoms with Crippen LogP contribution >= 0.6 is 0 Å². The van der Waals surface area contributed by atoms with E-state index in [0.717, 1.165) is 30.8 Å². The Labute approximate surface area is 307 Å². The molecule has 0 saturated carbocycles. The highest BCUT2D eigenvalue weighted by Gasteiger charge is 2.19. The largest absolute Gasteiger partial charge is 0.412 e. The molecule has 0 aromatic rings. The van der Waals surface area contributed by atoms with Crippen LogP contribution in [0.25, 0.3) is 0 Å². The van der Waals surface area contributed by atoms with Crippen molar-refractivity contribution in [2.75, 3.05) is 47.5 Å². The van der Waals surface area contributed by atoms with Gasteiger partial charge in [0.2, 0.25) is 2.86 Å². The van der Waals surface area contributed by atoms with Gasteiger partial charge in [0.05, 0.1) is 27.7 Å². The lowest BCUT2D eigenvalue weighted by Gasteiger charge is -2.29. The highest BCUT2D eigenvalue weighted by atomic mass is 16.5. The van der Waals surface area contributed by atoms with Crippen molar-refractivity contribution in [3.63, 3.8) is 0 Å². The molecule has 1 unspecified atom stereocenters. The van der Waals surface area contributed by atoms with Crippen LogP contribution in [0, 0.1) is 0 Å². The summed E-state index contributed by atoms with van der Waals surface area (Å²) in [6.07, 6.45) is 47.6. The maximum atomic E-state index is 6.32.